The number of aromatic amines is 1. The summed E-state index contributed by atoms with van der Waals surface area (Å²) in [7, 11) is 2.11. The van der Waals surface area contributed by atoms with E-state index in [0.29, 0.717) is 44.5 Å². The molecule has 33 heavy (non-hydrogen) atoms. The summed E-state index contributed by atoms with van der Waals surface area (Å²) in [6.45, 7) is 2.02. The van der Waals surface area contributed by atoms with Crippen molar-refractivity contribution in [3.63, 3.8) is 0 Å². The van der Waals surface area contributed by atoms with Crippen LogP contribution in [0.25, 0.3) is 11.0 Å². The van der Waals surface area contributed by atoms with Gasteiger partial charge in [-0.25, -0.2) is 9.97 Å². The third kappa shape index (κ3) is 4.55. The van der Waals surface area contributed by atoms with Crippen molar-refractivity contribution >= 4 is 34.2 Å². The first kappa shape index (κ1) is 21.4. The number of ether oxygens (including phenoxy) is 1. The molecule has 3 heterocycles. The lowest BCUT2D eigenvalue weighted by Gasteiger charge is -2.30. The van der Waals surface area contributed by atoms with Crippen molar-refractivity contribution in [1.82, 2.24) is 19.9 Å². The molecule has 0 spiro atoms. The highest BCUT2D eigenvalue weighted by Crippen LogP contribution is 2.31. The average molecular weight is 462 g/mol. The van der Waals surface area contributed by atoms with Crippen LogP contribution in [0.4, 0.5) is 5.82 Å². The third-order valence-electron chi connectivity index (χ3n) is 5.84. The van der Waals surface area contributed by atoms with Crippen molar-refractivity contribution in [1.29, 1.82) is 0 Å². The van der Waals surface area contributed by atoms with Crippen LogP contribution in [-0.4, -0.2) is 51.8 Å². The second-order valence-corrected chi connectivity index (χ2v) is 8.69. The number of ketones is 1. The van der Waals surface area contributed by atoms with E-state index >= 15 is 0 Å². The predicted octanol–water partition coefficient (Wildman–Crippen LogP) is 5.14. The number of hydrogen-bond acceptors (Lipinski definition) is 6. The summed E-state index contributed by atoms with van der Waals surface area (Å²) < 4.78 is 5.83. The average Bonchev–Trinajstić information content (AvgIpc) is 3.25. The number of aromatic nitrogens is 3. The summed E-state index contributed by atoms with van der Waals surface area (Å²) >= 11 is 6.51. The van der Waals surface area contributed by atoms with Crippen LogP contribution in [0.3, 0.4) is 0 Å². The number of para-hydroxylation sites is 1. The van der Waals surface area contributed by atoms with E-state index in [0.717, 1.165) is 25.9 Å². The summed E-state index contributed by atoms with van der Waals surface area (Å²) in [5, 5.41) is 4.52. The van der Waals surface area contributed by atoms with Gasteiger partial charge in [0.25, 0.3) is 0 Å². The molecule has 0 aliphatic carbocycles. The lowest BCUT2D eigenvalue weighted by molar-refractivity contribution is 0.104. The molecule has 2 aromatic heterocycles. The van der Waals surface area contributed by atoms with Gasteiger partial charge in [-0.3, -0.25) is 4.79 Å². The molecule has 168 valence electrons. The summed E-state index contributed by atoms with van der Waals surface area (Å²) in [5.74, 6) is 1.72. The fourth-order valence-electron chi connectivity index (χ4n) is 4.24. The number of hydrogen-bond donors (Lipinski definition) is 2. The number of anilines is 1. The van der Waals surface area contributed by atoms with Gasteiger partial charge >= 0.3 is 0 Å². The Morgan fingerprint density at radius 2 is 2.00 bits per heavy atom. The molecule has 2 aromatic carbocycles. The molecule has 1 aliphatic rings. The van der Waals surface area contributed by atoms with Crippen LogP contribution in [0.1, 0.15) is 28.8 Å². The minimum Gasteiger partial charge on any atom is -0.457 e. The number of piperidine rings is 1. The molecule has 2 N–H and O–H groups in total. The Balaban J connectivity index is 1.43. The van der Waals surface area contributed by atoms with E-state index in [2.05, 4.69) is 32.2 Å². The third-order valence-corrected chi connectivity index (χ3v) is 6.16. The Labute approximate surface area is 196 Å². The topological polar surface area (TPSA) is 83.1 Å². The van der Waals surface area contributed by atoms with Gasteiger partial charge in [-0.05, 0) is 50.7 Å². The fourth-order valence-corrected chi connectivity index (χ4v) is 4.50. The van der Waals surface area contributed by atoms with Crippen molar-refractivity contribution in [2.24, 2.45) is 0 Å². The Bertz CT molecular complexity index is 1290. The summed E-state index contributed by atoms with van der Waals surface area (Å²) in [4.78, 5) is 27.6. The molecule has 0 amide bonds. The van der Waals surface area contributed by atoms with Gasteiger partial charge in [0, 0.05) is 30.4 Å². The smallest absolute Gasteiger partial charge is 0.196 e. The lowest BCUT2D eigenvalue weighted by Crippen LogP contribution is -2.40. The highest BCUT2D eigenvalue weighted by Gasteiger charge is 2.23. The van der Waals surface area contributed by atoms with Gasteiger partial charge in [0.1, 0.15) is 29.3 Å². The van der Waals surface area contributed by atoms with Crippen molar-refractivity contribution in [3.8, 4) is 11.5 Å². The zero-order valence-electron chi connectivity index (χ0n) is 18.2. The monoisotopic (exact) mass is 461 g/mol. The molecule has 5 rings (SSSR count). The molecule has 4 aromatic rings. The highest BCUT2D eigenvalue weighted by molar-refractivity contribution is 6.35. The quantitative estimate of drug-likeness (QED) is 0.387. The minimum atomic E-state index is -0.198. The van der Waals surface area contributed by atoms with E-state index in [1.54, 1.807) is 24.4 Å². The molecule has 7 nitrogen and oxygen atoms in total. The van der Waals surface area contributed by atoms with Gasteiger partial charge in [0.2, 0.25) is 0 Å². The number of carbonyl (C=O) groups is 1. The van der Waals surface area contributed by atoms with Crippen LogP contribution >= 0.6 is 11.6 Å². The Hall–Kier alpha value is -3.42. The van der Waals surface area contributed by atoms with Crippen molar-refractivity contribution in [2.45, 2.75) is 18.9 Å². The number of nitrogens with one attached hydrogen (secondary N) is 2. The number of fused-ring (bicyclic) bond motifs is 1. The lowest BCUT2D eigenvalue weighted by atomic mass is 10.0. The van der Waals surface area contributed by atoms with E-state index in [4.69, 9.17) is 16.3 Å². The van der Waals surface area contributed by atoms with Crippen LogP contribution < -0.4 is 10.1 Å². The number of H-pyrrole nitrogens is 1. The molecular formula is C25H24ClN5O2. The van der Waals surface area contributed by atoms with E-state index in [1.165, 1.54) is 6.33 Å². The number of likely N-dealkylation sites (N-methyl/N-ethyl adjacent to an activating group) is 1. The van der Waals surface area contributed by atoms with Crippen molar-refractivity contribution in [2.75, 3.05) is 25.5 Å². The number of nitrogens with zero attached hydrogens (tertiary/aromatic N) is 3. The number of halogens is 1. The fraction of sp³-hybridized carbons (Fsp3) is 0.240. The number of carbonyl (C=O) groups excluding carboxylic acids is 1. The molecule has 1 atom stereocenters. The van der Waals surface area contributed by atoms with Gasteiger partial charge in [-0.15, -0.1) is 0 Å². The van der Waals surface area contributed by atoms with E-state index < -0.39 is 0 Å². The zero-order chi connectivity index (χ0) is 22.8. The molecule has 0 radical (unpaired) electrons. The van der Waals surface area contributed by atoms with Crippen molar-refractivity contribution in [3.05, 3.63) is 77.2 Å². The maximum atomic E-state index is 13.5. The van der Waals surface area contributed by atoms with Gasteiger partial charge in [-0.2, -0.15) is 0 Å². The van der Waals surface area contributed by atoms with Gasteiger partial charge in [0.05, 0.1) is 16.0 Å². The number of likely N-dealkylation sites (tertiary alicyclic amines) is 1. The van der Waals surface area contributed by atoms with Crippen LogP contribution in [0.15, 0.2) is 61.1 Å². The maximum absolute atomic E-state index is 13.5. The van der Waals surface area contributed by atoms with Gasteiger partial charge < -0.3 is 19.9 Å². The first-order chi connectivity index (χ1) is 16.1. The molecule has 0 bridgehead atoms. The first-order valence-electron chi connectivity index (χ1n) is 10.9. The number of benzene rings is 2. The largest absolute Gasteiger partial charge is 0.457 e. The first-order valence-corrected chi connectivity index (χ1v) is 11.3. The molecule has 0 saturated carbocycles. The summed E-state index contributed by atoms with van der Waals surface area (Å²) in [6, 6.07) is 14.8. The van der Waals surface area contributed by atoms with Gasteiger partial charge in [0.15, 0.2) is 5.78 Å². The maximum Gasteiger partial charge on any atom is 0.196 e. The Morgan fingerprint density at radius 1 is 1.15 bits per heavy atom. The van der Waals surface area contributed by atoms with E-state index in [1.807, 2.05) is 30.3 Å². The summed E-state index contributed by atoms with van der Waals surface area (Å²) in [6.07, 6.45) is 5.35. The van der Waals surface area contributed by atoms with E-state index in [9.17, 15) is 4.79 Å². The SMILES string of the molecule is CN1CCCC(Nc2ncnc3[nH]cc(C(=O)c4ccc(Oc5ccccc5)cc4Cl)c23)C1. The van der Waals surface area contributed by atoms with Crippen LogP contribution in [-0.2, 0) is 0 Å². The van der Waals surface area contributed by atoms with Crippen molar-refractivity contribution < 1.29 is 9.53 Å². The normalized spacial score (nSPS) is 16.6. The highest BCUT2D eigenvalue weighted by atomic mass is 35.5. The molecule has 1 saturated heterocycles. The standard InChI is InChI=1S/C25H24ClN5O2/c1-31-11-5-6-16(14-31)30-25-22-20(13-27-24(22)28-15-29-25)23(32)19-10-9-18(12-21(19)26)33-17-7-3-2-4-8-17/h2-4,7-10,12-13,15-16H,5-6,11,14H2,1H3,(H2,27,28,29,30). The van der Waals surface area contributed by atoms with Crippen LogP contribution in [0.5, 0.6) is 11.5 Å². The Morgan fingerprint density at radius 3 is 2.79 bits per heavy atom. The molecular weight excluding hydrogens is 438 g/mol. The molecule has 1 fully saturated rings. The molecule has 1 unspecified atom stereocenters. The van der Waals surface area contributed by atoms with Crippen LogP contribution in [0, 0.1) is 0 Å². The van der Waals surface area contributed by atoms with E-state index in [-0.39, 0.29) is 11.8 Å². The minimum absolute atomic E-state index is 0.198. The Kier molecular flexibility index (Phi) is 5.98. The summed E-state index contributed by atoms with van der Waals surface area (Å²) in [5.41, 5.74) is 1.49. The van der Waals surface area contributed by atoms with Gasteiger partial charge in [-0.1, -0.05) is 29.8 Å². The second-order valence-electron chi connectivity index (χ2n) is 8.28. The van der Waals surface area contributed by atoms with Crippen LogP contribution in [0.2, 0.25) is 5.02 Å². The molecule has 1 aliphatic heterocycles. The predicted molar refractivity (Wildman–Crippen MR) is 129 cm³/mol. The second kappa shape index (κ2) is 9.21. The molecule has 8 heteroatoms. The number of rotatable bonds is 6. The zero-order valence-corrected chi connectivity index (χ0v) is 19.0.